The molecule has 2 aromatic carbocycles. The Morgan fingerprint density at radius 2 is 1.79 bits per heavy atom. The number of benzene rings is 2. The van der Waals surface area contributed by atoms with Crippen molar-refractivity contribution in [1.82, 2.24) is 0 Å². The Labute approximate surface area is 111 Å². The molecule has 0 saturated heterocycles. The van der Waals surface area contributed by atoms with Crippen LogP contribution in [0, 0.1) is 24.0 Å². The van der Waals surface area contributed by atoms with E-state index in [0.717, 1.165) is 5.56 Å². The summed E-state index contributed by atoms with van der Waals surface area (Å²) < 4.78 is 0. The SMILES string of the molecule is Cc1ccc(C=Nc2ccc(C)c([N+](=O)[O-])c2)cc1. The average molecular weight is 254 g/mol. The molecule has 0 aliphatic carbocycles. The fraction of sp³-hybridized carbons (Fsp3) is 0.133. The van der Waals surface area contributed by atoms with Gasteiger partial charge >= 0.3 is 0 Å². The molecule has 96 valence electrons. The van der Waals surface area contributed by atoms with Crippen molar-refractivity contribution in [3.05, 3.63) is 69.3 Å². The van der Waals surface area contributed by atoms with E-state index in [9.17, 15) is 10.1 Å². The van der Waals surface area contributed by atoms with Crippen molar-refractivity contribution in [2.45, 2.75) is 13.8 Å². The Morgan fingerprint density at radius 1 is 1.11 bits per heavy atom. The maximum absolute atomic E-state index is 10.8. The molecule has 0 bridgehead atoms. The lowest BCUT2D eigenvalue weighted by Gasteiger charge is -1.99. The van der Waals surface area contributed by atoms with Crippen molar-refractivity contribution in [1.29, 1.82) is 0 Å². The molecule has 0 aromatic heterocycles. The number of nitro groups is 1. The summed E-state index contributed by atoms with van der Waals surface area (Å²) in [6, 6.07) is 12.9. The summed E-state index contributed by atoms with van der Waals surface area (Å²) in [4.78, 5) is 14.7. The predicted octanol–water partition coefficient (Wildman–Crippen LogP) is 3.96. The van der Waals surface area contributed by atoms with E-state index in [1.54, 1.807) is 25.3 Å². The van der Waals surface area contributed by atoms with E-state index >= 15 is 0 Å². The lowest BCUT2D eigenvalue weighted by Crippen LogP contribution is -1.90. The number of nitrogens with zero attached hydrogens (tertiary/aromatic N) is 2. The Kier molecular flexibility index (Phi) is 3.71. The number of hydrogen-bond donors (Lipinski definition) is 0. The number of hydrogen-bond acceptors (Lipinski definition) is 3. The highest BCUT2D eigenvalue weighted by molar-refractivity contribution is 5.82. The van der Waals surface area contributed by atoms with Gasteiger partial charge in [0, 0.05) is 17.8 Å². The van der Waals surface area contributed by atoms with Crippen LogP contribution in [-0.2, 0) is 0 Å². The minimum atomic E-state index is -0.389. The van der Waals surface area contributed by atoms with Crippen molar-refractivity contribution in [2.75, 3.05) is 0 Å². The van der Waals surface area contributed by atoms with E-state index in [4.69, 9.17) is 0 Å². The molecule has 2 aromatic rings. The molecule has 0 aliphatic rings. The molecule has 0 fully saturated rings. The van der Waals surface area contributed by atoms with Crippen LogP contribution in [0.15, 0.2) is 47.5 Å². The first-order valence-corrected chi connectivity index (χ1v) is 5.92. The molecule has 0 amide bonds. The third kappa shape index (κ3) is 3.25. The van der Waals surface area contributed by atoms with Crippen LogP contribution in [0.3, 0.4) is 0 Å². The largest absolute Gasteiger partial charge is 0.274 e. The van der Waals surface area contributed by atoms with Crippen LogP contribution in [0.5, 0.6) is 0 Å². The van der Waals surface area contributed by atoms with Gasteiger partial charge in [0.05, 0.1) is 10.6 Å². The molecule has 0 aliphatic heterocycles. The van der Waals surface area contributed by atoms with E-state index < -0.39 is 0 Å². The molecule has 0 spiro atoms. The molecular weight excluding hydrogens is 240 g/mol. The zero-order valence-corrected chi connectivity index (χ0v) is 10.8. The molecule has 0 saturated carbocycles. The van der Waals surface area contributed by atoms with Crippen LogP contribution in [0.1, 0.15) is 16.7 Å². The highest BCUT2D eigenvalue weighted by Crippen LogP contribution is 2.24. The fourth-order valence-electron chi connectivity index (χ4n) is 1.68. The molecule has 0 atom stereocenters. The van der Waals surface area contributed by atoms with E-state index in [-0.39, 0.29) is 10.6 Å². The van der Waals surface area contributed by atoms with Crippen LogP contribution in [-0.4, -0.2) is 11.1 Å². The topological polar surface area (TPSA) is 55.5 Å². The zero-order chi connectivity index (χ0) is 13.8. The minimum Gasteiger partial charge on any atom is -0.258 e. The summed E-state index contributed by atoms with van der Waals surface area (Å²) in [6.45, 7) is 3.73. The van der Waals surface area contributed by atoms with Crippen molar-refractivity contribution in [2.24, 2.45) is 4.99 Å². The van der Waals surface area contributed by atoms with Crippen LogP contribution in [0.25, 0.3) is 0 Å². The van der Waals surface area contributed by atoms with Gasteiger partial charge in [-0.25, -0.2) is 0 Å². The van der Waals surface area contributed by atoms with Crippen molar-refractivity contribution >= 4 is 17.6 Å². The molecule has 0 radical (unpaired) electrons. The number of rotatable bonds is 3. The van der Waals surface area contributed by atoms with Crippen LogP contribution >= 0.6 is 0 Å². The smallest absolute Gasteiger partial charge is 0.258 e. The van der Waals surface area contributed by atoms with Crippen molar-refractivity contribution in [3.8, 4) is 0 Å². The van der Waals surface area contributed by atoms with E-state index in [2.05, 4.69) is 4.99 Å². The standard InChI is InChI=1S/C15H14N2O2/c1-11-3-6-13(7-4-11)10-16-14-8-5-12(2)15(9-14)17(18)19/h3-10H,1-2H3. The Hall–Kier alpha value is -2.49. The number of nitro benzene ring substituents is 1. The Bertz CT molecular complexity index is 631. The Balaban J connectivity index is 2.26. The first-order chi connectivity index (χ1) is 9.06. The summed E-state index contributed by atoms with van der Waals surface area (Å²) in [6.07, 6.45) is 1.70. The molecule has 0 unspecified atom stereocenters. The van der Waals surface area contributed by atoms with Gasteiger partial charge < -0.3 is 0 Å². The highest BCUT2D eigenvalue weighted by atomic mass is 16.6. The third-order valence-electron chi connectivity index (χ3n) is 2.83. The molecule has 2 rings (SSSR count). The van der Waals surface area contributed by atoms with Gasteiger partial charge in [-0.05, 0) is 25.5 Å². The molecule has 4 nitrogen and oxygen atoms in total. The van der Waals surface area contributed by atoms with Crippen LogP contribution in [0.4, 0.5) is 11.4 Å². The highest BCUT2D eigenvalue weighted by Gasteiger charge is 2.10. The minimum absolute atomic E-state index is 0.0959. The molecule has 0 heterocycles. The normalized spacial score (nSPS) is 10.8. The summed E-state index contributed by atoms with van der Waals surface area (Å²) in [7, 11) is 0. The first kappa shape index (κ1) is 13.0. The lowest BCUT2D eigenvalue weighted by atomic mass is 10.1. The van der Waals surface area contributed by atoms with Gasteiger partial charge in [-0.15, -0.1) is 0 Å². The maximum atomic E-state index is 10.8. The second-order valence-corrected chi connectivity index (χ2v) is 4.40. The quantitative estimate of drug-likeness (QED) is 0.473. The van der Waals surface area contributed by atoms with Crippen LogP contribution in [0.2, 0.25) is 0 Å². The van der Waals surface area contributed by atoms with Crippen LogP contribution < -0.4 is 0 Å². The van der Waals surface area contributed by atoms with Crippen molar-refractivity contribution < 1.29 is 4.92 Å². The second kappa shape index (κ2) is 5.44. The summed E-state index contributed by atoms with van der Waals surface area (Å²) >= 11 is 0. The van der Waals surface area contributed by atoms with Gasteiger partial charge in [-0.1, -0.05) is 35.9 Å². The van der Waals surface area contributed by atoms with E-state index in [1.165, 1.54) is 11.6 Å². The summed E-state index contributed by atoms with van der Waals surface area (Å²) in [5.41, 5.74) is 3.47. The van der Waals surface area contributed by atoms with Gasteiger partial charge in [-0.2, -0.15) is 0 Å². The zero-order valence-electron chi connectivity index (χ0n) is 10.8. The fourth-order valence-corrected chi connectivity index (χ4v) is 1.68. The summed E-state index contributed by atoms with van der Waals surface area (Å²) in [5, 5.41) is 10.8. The predicted molar refractivity (Wildman–Crippen MR) is 76.3 cm³/mol. The van der Waals surface area contributed by atoms with Gasteiger partial charge in [0.15, 0.2) is 0 Å². The number of aryl methyl sites for hydroxylation is 2. The summed E-state index contributed by atoms with van der Waals surface area (Å²) in [5.74, 6) is 0. The second-order valence-electron chi connectivity index (χ2n) is 4.40. The van der Waals surface area contributed by atoms with E-state index in [1.807, 2.05) is 31.2 Å². The monoisotopic (exact) mass is 254 g/mol. The van der Waals surface area contributed by atoms with Gasteiger partial charge in [0.2, 0.25) is 0 Å². The van der Waals surface area contributed by atoms with E-state index in [0.29, 0.717) is 11.3 Å². The maximum Gasteiger partial charge on any atom is 0.274 e. The average Bonchev–Trinajstić information content (AvgIpc) is 2.39. The van der Waals surface area contributed by atoms with Gasteiger partial charge in [0.25, 0.3) is 5.69 Å². The molecule has 0 N–H and O–H groups in total. The van der Waals surface area contributed by atoms with Gasteiger partial charge in [0.1, 0.15) is 0 Å². The molecular formula is C15H14N2O2. The third-order valence-corrected chi connectivity index (χ3v) is 2.83. The molecule has 19 heavy (non-hydrogen) atoms. The number of aliphatic imine (C=N–C) groups is 1. The first-order valence-electron chi connectivity index (χ1n) is 5.92. The van der Waals surface area contributed by atoms with Gasteiger partial charge in [-0.3, -0.25) is 15.1 Å². The van der Waals surface area contributed by atoms with Crippen molar-refractivity contribution in [3.63, 3.8) is 0 Å². The molecule has 4 heteroatoms. The lowest BCUT2D eigenvalue weighted by molar-refractivity contribution is -0.385. The Morgan fingerprint density at radius 3 is 2.42 bits per heavy atom.